The van der Waals surface area contributed by atoms with Crippen molar-refractivity contribution in [1.82, 2.24) is 5.32 Å². The standard InChI is InChI=1S/C14H20ClN/c1-11-3-4-13(7-12(11)2)8-16-10-14(9-15)5-6-14/h3-4,7,16H,5-6,8-10H2,1-2H3. The molecular weight excluding hydrogens is 218 g/mol. The molecule has 2 rings (SSSR count). The first-order valence-corrected chi connectivity index (χ1v) is 6.51. The van der Waals surface area contributed by atoms with E-state index in [-0.39, 0.29) is 0 Å². The van der Waals surface area contributed by atoms with Gasteiger partial charge in [-0.3, -0.25) is 0 Å². The summed E-state index contributed by atoms with van der Waals surface area (Å²) in [6.45, 7) is 6.34. The summed E-state index contributed by atoms with van der Waals surface area (Å²) in [6, 6.07) is 6.67. The van der Waals surface area contributed by atoms with Gasteiger partial charge in [-0.2, -0.15) is 0 Å². The minimum Gasteiger partial charge on any atom is -0.312 e. The van der Waals surface area contributed by atoms with Crippen molar-refractivity contribution < 1.29 is 0 Å². The van der Waals surface area contributed by atoms with Crippen LogP contribution in [0.3, 0.4) is 0 Å². The molecule has 0 unspecified atom stereocenters. The Balaban J connectivity index is 1.83. The van der Waals surface area contributed by atoms with E-state index in [9.17, 15) is 0 Å². The Hall–Kier alpha value is -0.530. The van der Waals surface area contributed by atoms with Gasteiger partial charge in [0.25, 0.3) is 0 Å². The molecule has 16 heavy (non-hydrogen) atoms. The van der Waals surface area contributed by atoms with Crippen LogP contribution in [0.15, 0.2) is 18.2 Å². The Kier molecular flexibility index (Phi) is 3.56. The van der Waals surface area contributed by atoms with Crippen LogP contribution in [0, 0.1) is 19.3 Å². The van der Waals surface area contributed by atoms with Gasteiger partial charge in [0, 0.05) is 19.0 Å². The van der Waals surface area contributed by atoms with Crippen LogP contribution in [0.2, 0.25) is 0 Å². The van der Waals surface area contributed by atoms with Crippen molar-refractivity contribution in [3.05, 3.63) is 34.9 Å². The van der Waals surface area contributed by atoms with E-state index in [1.165, 1.54) is 29.5 Å². The highest BCUT2D eigenvalue weighted by molar-refractivity contribution is 6.18. The second kappa shape index (κ2) is 4.77. The Morgan fingerprint density at radius 3 is 2.56 bits per heavy atom. The summed E-state index contributed by atoms with van der Waals surface area (Å²) in [5.74, 6) is 0.799. The zero-order valence-corrected chi connectivity index (χ0v) is 10.9. The van der Waals surface area contributed by atoms with Crippen LogP contribution in [0.25, 0.3) is 0 Å². The van der Waals surface area contributed by atoms with Crippen LogP contribution in [-0.2, 0) is 6.54 Å². The number of rotatable bonds is 5. The molecule has 0 spiro atoms. The molecule has 1 fully saturated rings. The van der Waals surface area contributed by atoms with Crippen molar-refractivity contribution in [2.75, 3.05) is 12.4 Å². The fourth-order valence-electron chi connectivity index (χ4n) is 1.92. The number of aryl methyl sites for hydroxylation is 2. The summed E-state index contributed by atoms with van der Waals surface area (Å²) >= 11 is 5.94. The third-order valence-electron chi connectivity index (χ3n) is 3.64. The van der Waals surface area contributed by atoms with Crippen LogP contribution in [0.5, 0.6) is 0 Å². The molecule has 1 saturated carbocycles. The summed E-state index contributed by atoms with van der Waals surface area (Å²) < 4.78 is 0. The molecule has 1 aromatic carbocycles. The lowest BCUT2D eigenvalue weighted by molar-refractivity contribution is 0.505. The molecular formula is C14H20ClN. The summed E-state index contributed by atoms with van der Waals surface area (Å²) in [7, 11) is 0. The summed E-state index contributed by atoms with van der Waals surface area (Å²) in [4.78, 5) is 0. The van der Waals surface area contributed by atoms with Crippen molar-refractivity contribution in [3.8, 4) is 0 Å². The zero-order valence-electron chi connectivity index (χ0n) is 10.1. The predicted molar refractivity (Wildman–Crippen MR) is 70.0 cm³/mol. The Labute approximate surface area is 103 Å². The van der Waals surface area contributed by atoms with Crippen LogP contribution < -0.4 is 5.32 Å². The Morgan fingerprint density at radius 2 is 2.00 bits per heavy atom. The normalized spacial score (nSPS) is 17.4. The number of alkyl halides is 1. The topological polar surface area (TPSA) is 12.0 Å². The molecule has 0 aliphatic heterocycles. The molecule has 0 bridgehead atoms. The van der Waals surface area contributed by atoms with Gasteiger partial charge in [0.2, 0.25) is 0 Å². The molecule has 0 saturated heterocycles. The van der Waals surface area contributed by atoms with Gasteiger partial charge in [-0.25, -0.2) is 0 Å². The largest absolute Gasteiger partial charge is 0.312 e. The molecule has 0 atom stereocenters. The highest BCUT2D eigenvalue weighted by atomic mass is 35.5. The van der Waals surface area contributed by atoms with Crippen molar-refractivity contribution in [3.63, 3.8) is 0 Å². The summed E-state index contributed by atoms with van der Waals surface area (Å²) in [5, 5.41) is 3.52. The zero-order chi connectivity index (χ0) is 11.6. The van der Waals surface area contributed by atoms with Crippen molar-refractivity contribution in [2.24, 2.45) is 5.41 Å². The average Bonchev–Trinajstić information content (AvgIpc) is 3.04. The van der Waals surface area contributed by atoms with E-state index in [1.807, 2.05) is 0 Å². The molecule has 88 valence electrons. The minimum absolute atomic E-state index is 0.418. The third-order valence-corrected chi connectivity index (χ3v) is 4.21. The molecule has 2 heteroatoms. The monoisotopic (exact) mass is 237 g/mol. The van der Waals surface area contributed by atoms with Crippen molar-refractivity contribution in [1.29, 1.82) is 0 Å². The second-order valence-corrected chi connectivity index (χ2v) is 5.42. The number of hydrogen-bond acceptors (Lipinski definition) is 1. The Morgan fingerprint density at radius 1 is 1.25 bits per heavy atom. The lowest BCUT2D eigenvalue weighted by atomic mass is 10.1. The van der Waals surface area contributed by atoms with Gasteiger partial charge in [-0.15, -0.1) is 11.6 Å². The quantitative estimate of drug-likeness (QED) is 0.774. The van der Waals surface area contributed by atoms with Gasteiger partial charge in [-0.05, 0) is 48.8 Å². The highest BCUT2D eigenvalue weighted by Crippen LogP contribution is 2.45. The minimum atomic E-state index is 0.418. The molecule has 1 aliphatic carbocycles. The first kappa shape index (κ1) is 11.9. The SMILES string of the molecule is Cc1ccc(CNCC2(CCl)CC2)cc1C. The predicted octanol–water partition coefficient (Wildman–Crippen LogP) is 3.41. The molecule has 1 aliphatic rings. The first-order valence-electron chi connectivity index (χ1n) is 5.98. The molecule has 1 aromatic rings. The van der Waals surface area contributed by atoms with Gasteiger partial charge in [-0.1, -0.05) is 18.2 Å². The van der Waals surface area contributed by atoms with E-state index in [0.717, 1.165) is 19.0 Å². The Bertz CT molecular complexity index is 369. The molecule has 1 nitrogen and oxygen atoms in total. The number of halogens is 1. The van der Waals surface area contributed by atoms with Gasteiger partial charge < -0.3 is 5.32 Å². The number of nitrogens with one attached hydrogen (secondary N) is 1. The first-order chi connectivity index (χ1) is 7.65. The smallest absolute Gasteiger partial charge is 0.0292 e. The van der Waals surface area contributed by atoms with Crippen LogP contribution in [-0.4, -0.2) is 12.4 Å². The molecule has 0 amide bonds. The second-order valence-electron chi connectivity index (χ2n) is 5.16. The maximum atomic E-state index is 5.94. The van der Waals surface area contributed by atoms with E-state index < -0.39 is 0 Å². The van der Waals surface area contributed by atoms with Gasteiger partial charge in [0.1, 0.15) is 0 Å². The van der Waals surface area contributed by atoms with Gasteiger partial charge >= 0.3 is 0 Å². The highest BCUT2D eigenvalue weighted by Gasteiger charge is 2.40. The van der Waals surface area contributed by atoms with Crippen LogP contribution in [0.4, 0.5) is 0 Å². The third kappa shape index (κ3) is 2.78. The maximum Gasteiger partial charge on any atom is 0.0292 e. The average molecular weight is 238 g/mol. The van der Waals surface area contributed by atoms with Gasteiger partial charge in [0.15, 0.2) is 0 Å². The van der Waals surface area contributed by atoms with Crippen LogP contribution in [0.1, 0.15) is 29.5 Å². The van der Waals surface area contributed by atoms with E-state index in [1.54, 1.807) is 0 Å². The number of hydrogen-bond donors (Lipinski definition) is 1. The van der Waals surface area contributed by atoms with E-state index in [2.05, 4.69) is 37.4 Å². The van der Waals surface area contributed by atoms with Crippen LogP contribution >= 0.6 is 11.6 Å². The molecule has 1 N–H and O–H groups in total. The maximum absolute atomic E-state index is 5.94. The van der Waals surface area contributed by atoms with E-state index in [0.29, 0.717) is 5.41 Å². The summed E-state index contributed by atoms with van der Waals surface area (Å²) in [5.41, 5.74) is 4.52. The van der Waals surface area contributed by atoms with Crippen molar-refractivity contribution >= 4 is 11.6 Å². The van der Waals surface area contributed by atoms with Crippen molar-refractivity contribution in [2.45, 2.75) is 33.2 Å². The molecule has 0 aromatic heterocycles. The lowest BCUT2D eigenvalue weighted by Gasteiger charge is -2.13. The lowest BCUT2D eigenvalue weighted by Crippen LogP contribution is -2.24. The van der Waals surface area contributed by atoms with Gasteiger partial charge in [0.05, 0.1) is 0 Å². The fourth-order valence-corrected chi connectivity index (χ4v) is 2.28. The molecule has 0 radical (unpaired) electrons. The fraction of sp³-hybridized carbons (Fsp3) is 0.571. The van der Waals surface area contributed by atoms with E-state index in [4.69, 9.17) is 11.6 Å². The van der Waals surface area contributed by atoms with E-state index >= 15 is 0 Å². The number of benzene rings is 1. The molecule has 0 heterocycles. The summed E-state index contributed by atoms with van der Waals surface area (Å²) in [6.07, 6.45) is 2.58.